The summed E-state index contributed by atoms with van der Waals surface area (Å²) in [5.74, 6) is -0.00376. The smallest absolute Gasteiger partial charge is 0.333 e. The van der Waals surface area contributed by atoms with Gasteiger partial charge < -0.3 is 4.74 Å². The number of hydrogen-bond acceptors (Lipinski definition) is 3. The Kier molecular flexibility index (Phi) is 5.23. The van der Waals surface area contributed by atoms with Crippen LogP contribution in [-0.4, -0.2) is 18.9 Å². The molecule has 1 aliphatic carbocycles. The number of Topliss-reactive ketones (excluding diaryl/α,β-unsaturated/α-hetero) is 1. The molecule has 0 bridgehead atoms. The Morgan fingerprint density at radius 1 is 1.31 bits per heavy atom. The molecule has 0 aromatic heterocycles. The topological polar surface area (TPSA) is 43.4 Å². The van der Waals surface area contributed by atoms with Crippen molar-refractivity contribution in [3.05, 3.63) is 11.1 Å². The normalized spacial score (nSPS) is 15.4. The van der Waals surface area contributed by atoms with E-state index in [2.05, 4.69) is 6.92 Å². The van der Waals surface area contributed by atoms with Crippen LogP contribution in [0.2, 0.25) is 0 Å². The number of ketones is 1. The van der Waals surface area contributed by atoms with Crippen molar-refractivity contribution in [3.8, 4) is 0 Å². The van der Waals surface area contributed by atoms with Gasteiger partial charge in [-0.1, -0.05) is 18.9 Å². The average Bonchev–Trinajstić information content (AvgIpc) is 2.73. The summed E-state index contributed by atoms with van der Waals surface area (Å²) < 4.78 is 4.72. The molecule has 0 fully saturated rings. The number of ether oxygens (including phenoxy) is 1. The Labute approximate surface area is 96.9 Å². The first-order valence-electron chi connectivity index (χ1n) is 6.00. The SMILES string of the molecule is CCCCC(=O)CC1=C(C(=O)OC)CCC1. The monoisotopic (exact) mass is 224 g/mol. The second-order valence-electron chi connectivity index (χ2n) is 4.25. The summed E-state index contributed by atoms with van der Waals surface area (Å²) in [6.07, 6.45) is 5.68. The Hall–Kier alpha value is -1.12. The fraction of sp³-hybridized carbons (Fsp3) is 0.692. The highest BCUT2D eigenvalue weighted by Crippen LogP contribution is 2.29. The highest BCUT2D eigenvalue weighted by atomic mass is 16.5. The van der Waals surface area contributed by atoms with Crippen LogP contribution >= 0.6 is 0 Å². The summed E-state index contributed by atoms with van der Waals surface area (Å²) in [7, 11) is 1.39. The van der Waals surface area contributed by atoms with Crippen LogP contribution in [0, 0.1) is 0 Å². The number of carbonyl (C=O) groups is 2. The maximum atomic E-state index is 11.6. The summed E-state index contributed by atoms with van der Waals surface area (Å²) in [6, 6.07) is 0. The zero-order chi connectivity index (χ0) is 12.0. The Balaban J connectivity index is 2.57. The summed E-state index contributed by atoms with van der Waals surface area (Å²) in [4.78, 5) is 23.1. The van der Waals surface area contributed by atoms with Gasteiger partial charge >= 0.3 is 5.97 Å². The Morgan fingerprint density at radius 2 is 2.06 bits per heavy atom. The molecule has 3 nitrogen and oxygen atoms in total. The van der Waals surface area contributed by atoms with E-state index in [1.54, 1.807) is 0 Å². The van der Waals surface area contributed by atoms with Crippen LogP contribution in [0.4, 0.5) is 0 Å². The fourth-order valence-corrected chi connectivity index (χ4v) is 2.07. The molecule has 1 rings (SSSR count). The van der Waals surface area contributed by atoms with Crippen LogP contribution < -0.4 is 0 Å². The predicted molar refractivity (Wildman–Crippen MR) is 62.0 cm³/mol. The second-order valence-corrected chi connectivity index (χ2v) is 4.25. The van der Waals surface area contributed by atoms with E-state index >= 15 is 0 Å². The molecule has 0 saturated heterocycles. The molecule has 0 aromatic rings. The summed E-state index contributed by atoms with van der Waals surface area (Å²) in [5.41, 5.74) is 1.75. The first-order valence-corrected chi connectivity index (χ1v) is 6.00. The van der Waals surface area contributed by atoms with Gasteiger partial charge in [0.25, 0.3) is 0 Å². The van der Waals surface area contributed by atoms with Gasteiger partial charge in [0, 0.05) is 18.4 Å². The number of unbranched alkanes of at least 4 members (excludes halogenated alkanes) is 1. The van der Waals surface area contributed by atoms with Crippen LogP contribution in [-0.2, 0) is 14.3 Å². The molecule has 0 atom stereocenters. The summed E-state index contributed by atoms with van der Waals surface area (Å²) in [6.45, 7) is 2.07. The Morgan fingerprint density at radius 3 is 2.69 bits per heavy atom. The van der Waals surface area contributed by atoms with Gasteiger partial charge in [0.05, 0.1) is 7.11 Å². The zero-order valence-electron chi connectivity index (χ0n) is 10.2. The Bertz CT molecular complexity index is 302. The molecule has 0 aromatic carbocycles. The van der Waals surface area contributed by atoms with Crippen molar-refractivity contribution in [2.75, 3.05) is 7.11 Å². The lowest BCUT2D eigenvalue weighted by Crippen LogP contribution is -2.07. The van der Waals surface area contributed by atoms with E-state index in [0.717, 1.165) is 43.3 Å². The van der Waals surface area contributed by atoms with Gasteiger partial charge in [-0.25, -0.2) is 4.79 Å². The molecule has 90 valence electrons. The molecule has 0 saturated carbocycles. The van der Waals surface area contributed by atoms with Crippen molar-refractivity contribution < 1.29 is 14.3 Å². The third kappa shape index (κ3) is 3.47. The van der Waals surface area contributed by atoms with Crippen molar-refractivity contribution in [2.45, 2.75) is 51.9 Å². The number of esters is 1. The lowest BCUT2D eigenvalue weighted by molar-refractivity contribution is -0.136. The fourth-order valence-electron chi connectivity index (χ4n) is 2.07. The number of methoxy groups -OCH3 is 1. The van der Waals surface area contributed by atoms with E-state index in [9.17, 15) is 9.59 Å². The zero-order valence-corrected chi connectivity index (χ0v) is 10.2. The number of rotatable bonds is 6. The van der Waals surface area contributed by atoms with Crippen molar-refractivity contribution in [1.29, 1.82) is 0 Å². The van der Waals surface area contributed by atoms with Crippen molar-refractivity contribution >= 4 is 11.8 Å². The van der Waals surface area contributed by atoms with Crippen LogP contribution in [0.1, 0.15) is 51.9 Å². The number of allylic oxidation sites excluding steroid dienone is 1. The minimum atomic E-state index is -0.254. The lowest BCUT2D eigenvalue weighted by Gasteiger charge is -2.05. The molecular weight excluding hydrogens is 204 g/mol. The maximum Gasteiger partial charge on any atom is 0.333 e. The highest BCUT2D eigenvalue weighted by Gasteiger charge is 2.22. The molecule has 0 unspecified atom stereocenters. The van der Waals surface area contributed by atoms with E-state index in [4.69, 9.17) is 4.74 Å². The standard InChI is InChI=1S/C13H20O3/c1-3-4-7-11(14)9-10-6-5-8-12(10)13(15)16-2/h3-9H2,1-2H3. The average molecular weight is 224 g/mol. The summed E-state index contributed by atoms with van der Waals surface area (Å²) in [5, 5.41) is 0. The van der Waals surface area contributed by atoms with Gasteiger partial charge in [-0.3, -0.25) is 4.79 Å². The molecule has 3 heteroatoms. The lowest BCUT2D eigenvalue weighted by atomic mass is 10.0. The number of carbonyl (C=O) groups excluding carboxylic acids is 2. The van der Waals surface area contributed by atoms with Crippen LogP contribution in [0.3, 0.4) is 0 Å². The van der Waals surface area contributed by atoms with Gasteiger partial charge in [-0.2, -0.15) is 0 Å². The molecule has 0 N–H and O–H groups in total. The molecule has 1 aliphatic rings. The molecule has 0 amide bonds. The maximum absolute atomic E-state index is 11.6. The molecule has 0 spiro atoms. The third-order valence-corrected chi connectivity index (χ3v) is 2.98. The van der Waals surface area contributed by atoms with E-state index in [1.165, 1.54) is 7.11 Å². The molecular formula is C13H20O3. The van der Waals surface area contributed by atoms with Crippen molar-refractivity contribution in [3.63, 3.8) is 0 Å². The van der Waals surface area contributed by atoms with Gasteiger partial charge in [-0.05, 0) is 25.7 Å². The summed E-state index contributed by atoms with van der Waals surface area (Å²) >= 11 is 0. The minimum Gasteiger partial charge on any atom is -0.466 e. The molecule has 0 radical (unpaired) electrons. The van der Waals surface area contributed by atoms with E-state index in [1.807, 2.05) is 0 Å². The van der Waals surface area contributed by atoms with E-state index in [-0.39, 0.29) is 11.8 Å². The van der Waals surface area contributed by atoms with Crippen LogP contribution in [0.5, 0.6) is 0 Å². The minimum absolute atomic E-state index is 0.250. The molecule has 0 heterocycles. The quantitative estimate of drug-likeness (QED) is 0.651. The van der Waals surface area contributed by atoms with E-state index < -0.39 is 0 Å². The van der Waals surface area contributed by atoms with Crippen molar-refractivity contribution in [1.82, 2.24) is 0 Å². The van der Waals surface area contributed by atoms with Gasteiger partial charge in [0.2, 0.25) is 0 Å². The molecule has 0 aliphatic heterocycles. The largest absolute Gasteiger partial charge is 0.466 e. The predicted octanol–water partition coefficient (Wildman–Crippen LogP) is 2.79. The van der Waals surface area contributed by atoms with Gasteiger partial charge in [-0.15, -0.1) is 0 Å². The third-order valence-electron chi connectivity index (χ3n) is 2.98. The van der Waals surface area contributed by atoms with Gasteiger partial charge in [0.15, 0.2) is 0 Å². The van der Waals surface area contributed by atoms with Crippen LogP contribution in [0.15, 0.2) is 11.1 Å². The van der Waals surface area contributed by atoms with Crippen LogP contribution in [0.25, 0.3) is 0 Å². The second kappa shape index (κ2) is 6.46. The number of hydrogen-bond donors (Lipinski definition) is 0. The van der Waals surface area contributed by atoms with Gasteiger partial charge in [0.1, 0.15) is 5.78 Å². The first kappa shape index (κ1) is 12.9. The molecule has 16 heavy (non-hydrogen) atoms. The first-order chi connectivity index (χ1) is 7.69. The van der Waals surface area contributed by atoms with Crippen molar-refractivity contribution in [2.24, 2.45) is 0 Å². The highest BCUT2D eigenvalue weighted by molar-refractivity contribution is 5.92. The van der Waals surface area contributed by atoms with E-state index in [0.29, 0.717) is 12.8 Å².